The normalized spacial score (nSPS) is 15.1. The monoisotopic (exact) mass is 510 g/mol. The Hall–Kier alpha value is -3.28. The molecule has 1 aromatic carbocycles. The second kappa shape index (κ2) is 9.40. The highest BCUT2D eigenvalue weighted by atomic mass is 32.2. The van der Waals surface area contributed by atoms with Crippen molar-refractivity contribution < 1.29 is 30.8 Å². The van der Waals surface area contributed by atoms with Crippen LogP contribution in [0.3, 0.4) is 0 Å². The molecule has 0 fully saturated rings. The first-order valence-electron chi connectivity index (χ1n) is 10.9. The number of alkyl halides is 4. The summed E-state index contributed by atoms with van der Waals surface area (Å²) in [6.45, 7) is 2.11. The summed E-state index contributed by atoms with van der Waals surface area (Å²) in [5, 5.41) is -0.258. The van der Waals surface area contributed by atoms with Crippen molar-refractivity contribution in [1.29, 1.82) is 0 Å². The predicted octanol–water partition coefficient (Wildman–Crippen LogP) is 4.26. The van der Waals surface area contributed by atoms with E-state index < -0.39 is 33.7 Å². The zero-order chi connectivity index (χ0) is 25.4. The van der Waals surface area contributed by atoms with Crippen LogP contribution in [0, 0.1) is 0 Å². The fourth-order valence-corrected chi connectivity index (χ4v) is 5.24. The number of aromatic nitrogens is 3. The molecule has 12 heteroatoms. The molecule has 1 amide bonds. The zero-order valence-corrected chi connectivity index (χ0v) is 19.5. The van der Waals surface area contributed by atoms with Crippen molar-refractivity contribution in [2.24, 2.45) is 0 Å². The number of nitrogens with one attached hydrogen (secondary N) is 1. The molecule has 4 rings (SSSR count). The van der Waals surface area contributed by atoms with E-state index in [9.17, 15) is 26.4 Å². The van der Waals surface area contributed by atoms with Gasteiger partial charge in [0.2, 0.25) is 15.0 Å². The second-order valence-electron chi connectivity index (χ2n) is 8.20. The van der Waals surface area contributed by atoms with Gasteiger partial charge in [-0.3, -0.25) is 9.78 Å². The number of hydrogen-bond acceptors (Lipinski definition) is 5. The molecular weight excluding hydrogens is 488 g/mol. The van der Waals surface area contributed by atoms with Crippen LogP contribution in [0.4, 0.5) is 17.6 Å². The maximum atomic E-state index is 15.3. The number of amides is 1. The summed E-state index contributed by atoms with van der Waals surface area (Å²) in [5.41, 5.74) is 0.514. The van der Waals surface area contributed by atoms with E-state index in [2.05, 4.69) is 15.0 Å². The largest absolute Gasteiger partial charge is 0.417 e. The number of nitrogens with zero attached hydrogens (tertiary/aromatic N) is 3. The molecule has 0 bridgehead atoms. The van der Waals surface area contributed by atoms with E-state index in [0.29, 0.717) is 30.2 Å². The molecule has 35 heavy (non-hydrogen) atoms. The van der Waals surface area contributed by atoms with Crippen LogP contribution < -0.4 is 0 Å². The van der Waals surface area contributed by atoms with Gasteiger partial charge in [-0.2, -0.15) is 13.2 Å². The van der Waals surface area contributed by atoms with Crippen LogP contribution in [0.15, 0.2) is 47.9 Å². The lowest BCUT2D eigenvalue weighted by molar-refractivity contribution is -0.137. The van der Waals surface area contributed by atoms with Gasteiger partial charge >= 0.3 is 6.18 Å². The van der Waals surface area contributed by atoms with Crippen molar-refractivity contribution in [3.05, 3.63) is 76.4 Å². The number of rotatable bonds is 6. The highest BCUT2D eigenvalue weighted by Crippen LogP contribution is 2.34. The molecule has 1 unspecified atom stereocenters. The molecule has 1 atom stereocenters. The van der Waals surface area contributed by atoms with Crippen LogP contribution >= 0.6 is 0 Å². The average molecular weight is 511 g/mol. The van der Waals surface area contributed by atoms with E-state index in [0.717, 1.165) is 12.1 Å². The van der Waals surface area contributed by atoms with Gasteiger partial charge in [0.25, 0.3) is 5.91 Å². The van der Waals surface area contributed by atoms with Gasteiger partial charge in [-0.15, -0.1) is 0 Å². The van der Waals surface area contributed by atoms with Gasteiger partial charge in [0.05, 0.1) is 17.0 Å². The first-order chi connectivity index (χ1) is 16.5. The average Bonchev–Trinajstić information content (AvgIpc) is 3.33. The minimum Gasteiger partial charge on any atom is -0.335 e. The van der Waals surface area contributed by atoms with Gasteiger partial charge < -0.3 is 9.88 Å². The third-order valence-electron chi connectivity index (χ3n) is 5.78. The molecule has 0 saturated carbocycles. The number of pyridine rings is 1. The number of carbonyl (C=O) groups is 1. The number of carbonyl (C=O) groups excluding carboxylic acids is 1. The summed E-state index contributed by atoms with van der Waals surface area (Å²) in [6, 6.07) is 6.73. The fourth-order valence-electron chi connectivity index (χ4n) is 4.03. The Kier molecular flexibility index (Phi) is 6.67. The van der Waals surface area contributed by atoms with E-state index in [-0.39, 0.29) is 41.0 Å². The van der Waals surface area contributed by atoms with E-state index in [1.54, 1.807) is 25.1 Å². The maximum absolute atomic E-state index is 15.3. The molecule has 186 valence electrons. The first kappa shape index (κ1) is 24.8. The third-order valence-corrected chi connectivity index (χ3v) is 7.52. The van der Waals surface area contributed by atoms with Gasteiger partial charge in [-0.25, -0.2) is 17.8 Å². The van der Waals surface area contributed by atoms with Gasteiger partial charge in [-0.05, 0) is 41.7 Å². The quantitative estimate of drug-likeness (QED) is 0.500. The molecule has 1 N–H and O–H groups in total. The Labute approximate surface area is 199 Å². The smallest absolute Gasteiger partial charge is 0.335 e. The van der Waals surface area contributed by atoms with Crippen molar-refractivity contribution in [3.63, 3.8) is 0 Å². The van der Waals surface area contributed by atoms with Crippen molar-refractivity contribution in [3.8, 4) is 0 Å². The molecule has 0 saturated heterocycles. The van der Waals surface area contributed by atoms with Gasteiger partial charge in [-0.1, -0.05) is 25.1 Å². The number of hydrogen-bond donors (Lipinski definition) is 1. The number of benzene rings is 1. The molecule has 3 aromatic rings. The molecule has 3 heterocycles. The Balaban J connectivity index is 1.53. The van der Waals surface area contributed by atoms with Crippen molar-refractivity contribution in [1.82, 2.24) is 19.9 Å². The van der Waals surface area contributed by atoms with Crippen LogP contribution in [0.1, 0.15) is 58.0 Å². The Bertz CT molecular complexity index is 1340. The number of fused-ring (bicyclic) bond motifs is 1. The second-order valence-corrected chi connectivity index (χ2v) is 10.2. The zero-order valence-electron chi connectivity index (χ0n) is 18.6. The molecule has 7 nitrogen and oxygen atoms in total. The summed E-state index contributed by atoms with van der Waals surface area (Å²) in [7, 11) is -3.60. The number of H-pyrrole nitrogens is 1. The molecular formula is C23H22F4N4O3S. The Morgan fingerprint density at radius 2 is 2.00 bits per heavy atom. The number of aromatic amines is 1. The maximum Gasteiger partial charge on any atom is 0.417 e. The fraction of sp³-hybridized carbons (Fsp3) is 0.348. The number of imidazole rings is 1. The van der Waals surface area contributed by atoms with Crippen LogP contribution in [-0.2, 0) is 29.0 Å². The van der Waals surface area contributed by atoms with Gasteiger partial charge in [0.15, 0.2) is 6.17 Å². The molecule has 0 spiro atoms. The number of halogens is 4. The van der Waals surface area contributed by atoms with Crippen LogP contribution in [0.2, 0.25) is 0 Å². The van der Waals surface area contributed by atoms with E-state index >= 15 is 4.39 Å². The van der Waals surface area contributed by atoms with Crippen molar-refractivity contribution in [2.45, 2.75) is 43.8 Å². The highest BCUT2D eigenvalue weighted by Gasteiger charge is 2.32. The first-order valence-corrected chi connectivity index (χ1v) is 12.5. The van der Waals surface area contributed by atoms with Crippen molar-refractivity contribution in [2.75, 3.05) is 12.3 Å². The van der Waals surface area contributed by atoms with Gasteiger partial charge in [0, 0.05) is 25.5 Å². The number of sulfone groups is 1. The minimum absolute atomic E-state index is 0.0309. The lowest BCUT2D eigenvalue weighted by Crippen LogP contribution is -2.36. The molecule has 0 aliphatic carbocycles. The predicted molar refractivity (Wildman–Crippen MR) is 118 cm³/mol. The van der Waals surface area contributed by atoms with Crippen LogP contribution in [0.25, 0.3) is 0 Å². The van der Waals surface area contributed by atoms with Crippen molar-refractivity contribution >= 4 is 15.7 Å². The standard InChI is InChI=1S/C23H22F4N4O3S/c1-2-10-35(33,34)22-29-12-19(30-22)21(32)31-9-8-16-14(13-31)4-3-5-17(16)20(24)18-7-6-15(11-28-18)23(25,26)27/h3-7,11-12,20H,2,8-10,13H2,1H3,(H,29,30). The summed E-state index contributed by atoms with van der Waals surface area (Å²) < 4.78 is 78.0. The van der Waals surface area contributed by atoms with E-state index in [4.69, 9.17) is 0 Å². The third kappa shape index (κ3) is 5.07. The SMILES string of the molecule is CCCS(=O)(=O)c1nc(C(=O)N2CCc3c(cccc3C(F)c3ccc(C(F)(F)F)cn3)C2)c[nH]1. The van der Waals surface area contributed by atoms with Crippen LogP contribution in [0.5, 0.6) is 0 Å². The molecule has 1 aliphatic rings. The summed E-state index contributed by atoms with van der Waals surface area (Å²) in [5.74, 6) is -0.553. The summed E-state index contributed by atoms with van der Waals surface area (Å²) in [4.78, 5) is 24.6. The lowest BCUT2D eigenvalue weighted by atomic mass is 9.91. The molecule has 2 aromatic heterocycles. The van der Waals surface area contributed by atoms with Gasteiger partial charge in [0.1, 0.15) is 5.69 Å². The minimum atomic E-state index is -4.56. The van der Waals surface area contributed by atoms with Crippen LogP contribution in [-0.4, -0.2) is 46.5 Å². The lowest BCUT2D eigenvalue weighted by Gasteiger charge is -2.30. The topological polar surface area (TPSA) is 96.0 Å². The summed E-state index contributed by atoms with van der Waals surface area (Å²) >= 11 is 0. The summed E-state index contributed by atoms with van der Waals surface area (Å²) in [6.07, 6.45) is -3.71. The molecule has 1 aliphatic heterocycles. The Morgan fingerprint density at radius 1 is 1.23 bits per heavy atom. The Morgan fingerprint density at radius 3 is 2.66 bits per heavy atom. The van der Waals surface area contributed by atoms with E-state index in [1.165, 1.54) is 11.1 Å². The molecule has 0 radical (unpaired) electrons. The highest BCUT2D eigenvalue weighted by molar-refractivity contribution is 7.91. The van der Waals surface area contributed by atoms with E-state index in [1.807, 2.05) is 0 Å².